The van der Waals surface area contributed by atoms with E-state index in [4.69, 9.17) is 19.4 Å². The van der Waals surface area contributed by atoms with Crippen molar-refractivity contribution in [2.45, 2.75) is 14.7 Å². The summed E-state index contributed by atoms with van der Waals surface area (Å²) in [7, 11) is -13.5. The van der Waals surface area contributed by atoms with Crippen molar-refractivity contribution >= 4 is 58.8 Å². The van der Waals surface area contributed by atoms with Crippen LogP contribution >= 0.6 is 0 Å². The smallest absolute Gasteiger partial charge is 0.294 e. The third kappa shape index (κ3) is 7.86. The zero-order valence-electron chi connectivity index (χ0n) is 22.1. The summed E-state index contributed by atoms with van der Waals surface area (Å²) >= 11 is 0. The van der Waals surface area contributed by atoms with E-state index >= 15 is 0 Å². The summed E-state index contributed by atoms with van der Waals surface area (Å²) in [5, 5.41) is 14.0. The molecule has 0 atom stereocenters. The van der Waals surface area contributed by atoms with Crippen molar-refractivity contribution in [3.8, 4) is 0 Å². The Morgan fingerprint density at radius 2 is 0.911 bits per heavy atom. The van der Waals surface area contributed by atoms with Crippen LogP contribution in [-0.2, 0) is 30.4 Å². The fraction of sp³-hybridized carbons (Fsp3) is 0. The van der Waals surface area contributed by atoms with Crippen molar-refractivity contribution in [3.63, 3.8) is 0 Å². The van der Waals surface area contributed by atoms with Crippen LogP contribution in [0, 0.1) is 0 Å². The van der Waals surface area contributed by atoms with Crippen LogP contribution in [0.2, 0.25) is 0 Å². The van der Waals surface area contributed by atoms with Gasteiger partial charge in [0.2, 0.25) is 10.9 Å². The summed E-state index contributed by atoms with van der Waals surface area (Å²) in [5.74, 6) is 0. The van der Waals surface area contributed by atoms with Gasteiger partial charge in [0.15, 0.2) is 10.7 Å². The third-order valence-electron chi connectivity index (χ3n) is 5.67. The Morgan fingerprint density at radius 1 is 0.533 bits per heavy atom. The molecule has 0 saturated heterocycles. The summed E-state index contributed by atoms with van der Waals surface area (Å²) in [6.07, 6.45) is 0. The first-order chi connectivity index (χ1) is 20.9. The van der Waals surface area contributed by atoms with Gasteiger partial charge in [0.1, 0.15) is 11.4 Å². The average molecular weight is 678 g/mol. The molecule has 4 aromatic rings. The molecule has 0 aliphatic rings. The summed E-state index contributed by atoms with van der Waals surface area (Å²) in [4.78, 5) is 25.1. The zero-order chi connectivity index (χ0) is 33.2. The Balaban J connectivity index is 1.83. The molecule has 21 heteroatoms. The van der Waals surface area contributed by atoms with Crippen molar-refractivity contribution in [3.05, 3.63) is 104 Å². The Morgan fingerprint density at radius 3 is 1.31 bits per heavy atom. The van der Waals surface area contributed by atoms with Crippen LogP contribution in [-0.4, -0.2) is 38.9 Å². The van der Waals surface area contributed by atoms with Gasteiger partial charge in [-0.1, -0.05) is 0 Å². The first-order valence-electron chi connectivity index (χ1n) is 11.9. The SMILES string of the molecule is Nc1c(N=Nc2ccc(S(=O)(=O)O)cc2)/c(=N/Nc2ccc(S(=O)(=O)O)cc2)c(=O)/c(=N\Nc2ccc(S(=O)(=O)O)cc2)c1=O. The number of benzene rings is 4. The maximum Gasteiger partial charge on any atom is 0.294 e. The van der Waals surface area contributed by atoms with Crippen LogP contribution < -0.4 is 38.2 Å². The van der Waals surface area contributed by atoms with E-state index in [9.17, 15) is 34.8 Å². The van der Waals surface area contributed by atoms with Crippen molar-refractivity contribution in [1.82, 2.24) is 0 Å². The molecule has 0 spiro atoms. The summed E-state index contributed by atoms with van der Waals surface area (Å²) < 4.78 is 95.1. The van der Waals surface area contributed by atoms with Crippen LogP contribution in [0.25, 0.3) is 0 Å². The number of rotatable bonds is 9. The molecular formula is C24H19N7O11S3. The second-order valence-electron chi connectivity index (χ2n) is 8.73. The van der Waals surface area contributed by atoms with Gasteiger partial charge in [0.05, 0.1) is 31.7 Å². The molecule has 0 heterocycles. The predicted molar refractivity (Wildman–Crippen MR) is 157 cm³/mol. The molecule has 0 unspecified atom stereocenters. The Kier molecular flexibility index (Phi) is 9.04. The van der Waals surface area contributed by atoms with E-state index in [-0.39, 0.29) is 17.1 Å². The molecule has 0 radical (unpaired) electrons. The molecule has 18 nitrogen and oxygen atoms in total. The molecule has 4 rings (SSSR count). The van der Waals surface area contributed by atoms with Gasteiger partial charge in [-0.3, -0.25) is 34.1 Å². The zero-order valence-corrected chi connectivity index (χ0v) is 24.6. The molecule has 45 heavy (non-hydrogen) atoms. The number of hydrogen-bond acceptors (Lipinski definition) is 15. The highest BCUT2D eigenvalue weighted by Gasteiger charge is 2.16. The quantitative estimate of drug-likeness (QED) is 0.0620. The minimum Gasteiger partial charge on any atom is -0.394 e. The lowest BCUT2D eigenvalue weighted by molar-refractivity contribution is 0.481. The van der Waals surface area contributed by atoms with Crippen molar-refractivity contribution in [2.75, 3.05) is 16.6 Å². The lowest BCUT2D eigenvalue weighted by Crippen LogP contribution is -2.49. The van der Waals surface area contributed by atoms with Gasteiger partial charge < -0.3 is 5.73 Å². The summed E-state index contributed by atoms with van der Waals surface area (Å²) in [6, 6.07) is 13.3. The van der Waals surface area contributed by atoms with Gasteiger partial charge >= 0.3 is 0 Å². The maximum atomic E-state index is 13.4. The highest BCUT2D eigenvalue weighted by atomic mass is 32.2. The molecule has 4 aromatic carbocycles. The molecule has 234 valence electrons. The van der Waals surface area contributed by atoms with E-state index < -0.39 is 78.0 Å². The Bertz CT molecular complexity index is 2370. The summed E-state index contributed by atoms with van der Waals surface area (Å²) in [5.41, 5.74) is 7.70. The molecule has 0 aromatic heterocycles. The van der Waals surface area contributed by atoms with Gasteiger partial charge in [-0.15, -0.1) is 5.11 Å². The molecule has 7 N–H and O–H groups in total. The highest BCUT2D eigenvalue weighted by Crippen LogP contribution is 2.20. The van der Waals surface area contributed by atoms with Crippen molar-refractivity contribution in [2.24, 2.45) is 20.4 Å². The number of azo groups is 1. The molecule has 0 bridgehead atoms. The second kappa shape index (κ2) is 12.4. The molecule has 0 fully saturated rings. The molecular weight excluding hydrogens is 659 g/mol. The predicted octanol–water partition coefficient (Wildman–Crippen LogP) is 0.876. The van der Waals surface area contributed by atoms with Crippen LogP contribution in [0.1, 0.15) is 0 Å². The monoisotopic (exact) mass is 677 g/mol. The van der Waals surface area contributed by atoms with Crippen molar-refractivity contribution in [1.29, 1.82) is 0 Å². The van der Waals surface area contributed by atoms with Gasteiger partial charge in [-0.25, -0.2) is 0 Å². The first kappa shape index (κ1) is 32.7. The first-order valence-corrected chi connectivity index (χ1v) is 16.2. The Hall–Kier alpha value is -5.19. The van der Waals surface area contributed by atoms with Crippen molar-refractivity contribution < 1.29 is 38.9 Å². The molecule has 0 aliphatic heterocycles. The lowest BCUT2D eigenvalue weighted by Gasteiger charge is -2.04. The second-order valence-corrected chi connectivity index (χ2v) is 13.0. The van der Waals surface area contributed by atoms with Gasteiger partial charge in [0, 0.05) is 0 Å². The minimum atomic E-state index is -4.50. The van der Waals surface area contributed by atoms with E-state index in [0.29, 0.717) is 0 Å². The molecule has 0 saturated carbocycles. The standard InChI is InChI=1S/C24H19N7O11S3/c25-19-20(29-26-13-1-7-16(8-2-13)43(34,35)36)21(30-27-14-3-9-17(10-4-14)44(37,38)39)24(33)22(23(19)32)31-28-15-5-11-18(12-6-15)45(40,41)42/h1-12,27-28H,25H2,(H,34,35,36)(H,37,38,39)(H,40,41,42)/b29-26?,30-21-,31-22-. The number of nitrogens with zero attached hydrogens (tertiary/aromatic N) is 4. The van der Waals surface area contributed by atoms with E-state index in [0.717, 1.165) is 48.5 Å². The van der Waals surface area contributed by atoms with Gasteiger partial charge in [0.25, 0.3) is 30.4 Å². The van der Waals surface area contributed by atoms with E-state index in [1.54, 1.807) is 0 Å². The number of nitrogens with two attached hydrogens (primary N) is 1. The number of anilines is 3. The topological polar surface area (TPSA) is 297 Å². The number of nitrogen functional groups attached to an aromatic ring is 1. The van der Waals surface area contributed by atoms with E-state index in [2.05, 4.69) is 31.3 Å². The van der Waals surface area contributed by atoms with Gasteiger partial charge in [-0.2, -0.15) is 40.6 Å². The Labute approximate surface area is 252 Å². The van der Waals surface area contributed by atoms with Gasteiger partial charge in [-0.05, 0) is 72.8 Å². The number of nitrogens with one attached hydrogen (secondary N) is 2. The normalized spacial score (nSPS) is 13.3. The summed E-state index contributed by atoms with van der Waals surface area (Å²) in [6.45, 7) is 0. The lowest BCUT2D eigenvalue weighted by atomic mass is 10.2. The van der Waals surface area contributed by atoms with Crippen LogP contribution in [0.5, 0.6) is 0 Å². The minimum absolute atomic E-state index is 0.0187. The fourth-order valence-corrected chi connectivity index (χ4v) is 4.87. The maximum absolute atomic E-state index is 13.4. The van der Waals surface area contributed by atoms with E-state index in [1.165, 1.54) is 24.3 Å². The fourth-order valence-electron chi connectivity index (χ4n) is 3.43. The van der Waals surface area contributed by atoms with Crippen LogP contribution in [0.15, 0.2) is 118 Å². The van der Waals surface area contributed by atoms with Crippen LogP contribution in [0.4, 0.5) is 28.4 Å². The molecule has 0 amide bonds. The highest BCUT2D eigenvalue weighted by molar-refractivity contribution is 7.86. The van der Waals surface area contributed by atoms with Crippen LogP contribution in [0.3, 0.4) is 0 Å². The molecule has 0 aliphatic carbocycles. The van der Waals surface area contributed by atoms with E-state index in [1.807, 2.05) is 0 Å². The largest absolute Gasteiger partial charge is 0.394 e. The average Bonchev–Trinajstić information content (AvgIpc) is 2.97. The third-order valence-corrected chi connectivity index (χ3v) is 8.27. The number of hydrogen-bond donors (Lipinski definition) is 6.